The predicted molar refractivity (Wildman–Crippen MR) is 68.9 cm³/mol. The lowest BCUT2D eigenvalue weighted by atomic mass is 10.1. The van der Waals surface area contributed by atoms with Gasteiger partial charge in [0, 0.05) is 25.9 Å². The molecule has 0 saturated heterocycles. The third-order valence-corrected chi connectivity index (χ3v) is 2.34. The van der Waals surface area contributed by atoms with Crippen molar-refractivity contribution in [1.29, 1.82) is 0 Å². The molecule has 0 aromatic heterocycles. The van der Waals surface area contributed by atoms with Crippen LogP contribution in [0, 0.1) is 0 Å². The third kappa shape index (κ3) is 12.0. The average molecular weight is 231 g/mol. The first kappa shape index (κ1) is 15.9. The van der Waals surface area contributed by atoms with Crippen LogP contribution < -0.4 is 5.32 Å². The van der Waals surface area contributed by atoms with Crippen LogP contribution in [0.1, 0.15) is 47.0 Å². The predicted octanol–water partition coefficient (Wildman–Crippen LogP) is 2.60. The van der Waals surface area contributed by atoms with Gasteiger partial charge in [-0.3, -0.25) is 0 Å². The zero-order valence-electron chi connectivity index (χ0n) is 11.6. The largest absolute Gasteiger partial charge is 0.385 e. The monoisotopic (exact) mass is 231 g/mol. The van der Waals surface area contributed by atoms with Gasteiger partial charge in [0.1, 0.15) is 0 Å². The van der Waals surface area contributed by atoms with Gasteiger partial charge in [-0.1, -0.05) is 0 Å². The van der Waals surface area contributed by atoms with Gasteiger partial charge in [-0.05, 0) is 53.5 Å². The van der Waals surface area contributed by atoms with Gasteiger partial charge < -0.3 is 14.8 Å². The standard InChI is InChI=1S/C13H29NO2/c1-12(16-11-7-10-15-5)8-6-9-14-13(2,3)4/h12,14H,6-11H2,1-5H3. The summed E-state index contributed by atoms with van der Waals surface area (Å²) < 4.78 is 10.6. The Morgan fingerprint density at radius 3 is 2.38 bits per heavy atom. The van der Waals surface area contributed by atoms with E-state index in [-0.39, 0.29) is 5.54 Å². The summed E-state index contributed by atoms with van der Waals surface area (Å²) in [5.74, 6) is 0. The first-order valence-corrected chi connectivity index (χ1v) is 6.31. The maximum absolute atomic E-state index is 5.67. The van der Waals surface area contributed by atoms with Gasteiger partial charge in [-0.2, -0.15) is 0 Å². The number of nitrogens with one attached hydrogen (secondary N) is 1. The summed E-state index contributed by atoms with van der Waals surface area (Å²) in [4.78, 5) is 0. The Bertz CT molecular complexity index is 155. The van der Waals surface area contributed by atoms with Crippen LogP contribution in [-0.2, 0) is 9.47 Å². The molecule has 0 aliphatic heterocycles. The minimum atomic E-state index is 0.225. The molecule has 1 atom stereocenters. The lowest BCUT2D eigenvalue weighted by Gasteiger charge is -2.21. The second kappa shape index (κ2) is 8.97. The molecule has 0 saturated carbocycles. The third-order valence-electron chi connectivity index (χ3n) is 2.34. The maximum Gasteiger partial charge on any atom is 0.0547 e. The Labute approximate surface area is 101 Å². The number of ether oxygens (including phenoxy) is 2. The molecule has 0 aliphatic carbocycles. The molecule has 3 heteroatoms. The first-order valence-electron chi connectivity index (χ1n) is 6.31. The van der Waals surface area contributed by atoms with Crippen molar-refractivity contribution >= 4 is 0 Å². The van der Waals surface area contributed by atoms with E-state index in [1.54, 1.807) is 7.11 Å². The van der Waals surface area contributed by atoms with E-state index < -0.39 is 0 Å². The summed E-state index contributed by atoms with van der Waals surface area (Å²) >= 11 is 0. The highest BCUT2D eigenvalue weighted by molar-refractivity contribution is 4.69. The van der Waals surface area contributed by atoms with Gasteiger partial charge in [0.2, 0.25) is 0 Å². The Hall–Kier alpha value is -0.120. The highest BCUT2D eigenvalue weighted by Gasteiger charge is 2.08. The topological polar surface area (TPSA) is 30.5 Å². The van der Waals surface area contributed by atoms with Crippen molar-refractivity contribution in [3.05, 3.63) is 0 Å². The van der Waals surface area contributed by atoms with Gasteiger partial charge in [-0.25, -0.2) is 0 Å². The fourth-order valence-electron chi connectivity index (χ4n) is 1.42. The van der Waals surface area contributed by atoms with Crippen molar-refractivity contribution in [3.63, 3.8) is 0 Å². The molecule has 0 radical (unpaired) electrons. The molecule has 0 heterocycles. The van der Waals surface area contributed by atoms with E-state index in [1.807, 2.05) is 0 Å². The summed E-state index contributed by atoms with van der Waals surface area (Å²) in [5, 5.41) is 3.48. The Morgan fingerprint density at radius 2 is 1.81 bits per heavy atom. The van der Waals surface area contributed by atoms with Crippen LogP contribution in [0.3, 0.4) is 0 Å². The average Bonchev–Trinajstić information content (AvgIpc) is 2.18. The molecule has 0 bridgehead atoms. The van der Waals surface area contributed by atoms with Crippen molar-refractivity contribution in [2.75, 3.05) is 26.9 Å². The molecule has 0 rings (SSSR count). The van der Waals surface area contributed by atoms with E-state index in [0.717, 1.165) is 32.6 Å². The van der Waals surface area contributed by atoms with Crippen molar-refractivity contribution in [2.45, 2.75) is 58.6 Å². The Morgan fingerprint density at radius 1 is 1.12 bits per heavy atom. The molecule has 3 nitrogen and oxygen atoms in total. The molecule has 0 fully saturated rings. The van der Waals surface area contributed by atoms with Crippen LogP contribution in [0.4, 0.5) is 0 Å². The number of hydrogen-bond donors (Lipinski definition) is 1. The van der Waals surface area contributed by atoms with Crippen molar-refractivity contribution in [3.8, 4) is 0 Å². The molecule has 0 spiro atoms. The van der Waals surface area contributed by atoms with Gasteiger partial charge in [-0.15, -0.1) is 0 Å². The Balaban J connectivity index is 3.27. The minimum Gasteiger partial charge on any atom is -0.385 e. The van der Waals surface area contributed by atoms with Crippen molar-refractivity contribution in [2.24, 2.45) is 0 Å². The Kier molecular flexibility index (Phi) is 8.90. The van der Waals surface area contributed by atoms with Gasteiger partial charge in [0.25, 0.3) is 0 Å². The van der Waals surface area contributed by atoms with E-state index in [4.69, 9.17) is 9.47 Å². The molecule has 0 aliphatic rings. The van der Waals surface area contributed by atoms with Gasteiger partial charge >= 0.3 is 0 Å². The van der Waals surface area contributed by atoms with Gasteiger partial charge in [0.15, 0.2) is 0 Å². The van der Waals surface area contributed by atoms with E-state index in [1.165, 1.54) is 6.42 Å². The van der Waals surface area contributed by atoms with Crippen LogP contribution >= 0.6 is 0 Å². The minimum absolute atomic E-state index is 0.225. The zero-order chi connectivity index (χ0) is 12.4. The molecular weight excluding hydrogens is 202 g/mol. The SMILES string of the molecule is COCCCOC(C)CCCNC(C)(C)C. The molecule has 0 aromatic carbocycles. The normalized spacial score (nSPS) is 14.1. The van der Waals surface area contributed by atoms with Crippen LogP contribution in [-0.4, -0.2) is 38.5 Å². The number of hydrogen-bond acceptors (Lipinski definition) is 3. The number of methoxy groups -OCH3 is 1. The molecule has 1 N–H and O–H groups in total. The molecule has 16 heavy (non-hydrogen) atoms. The summed E-state index contributed by atoms with van der Waals surface area (Å²) in [7, 11) is 1.72. The maximum atomic E-state index is 5.67. The molecule has 98 valence electrons. The van der Waals surface area contributed by atoms with Crippen LogP contribution in [0.15, 0.2) is 0 Å². The van der Waals surface area contributed by atoms with Crippen LogP contribution in [0.5, 0.6) is 0 Å². The first-order chi connectivity index (χ1) is 7.45. The summed E-state index contributed by atoms with van der Waals surface area (Å²) in [6.45, 7) is 11.4. The molecular formula is C13H29NO2. The van der Waals surface area contributed by atoms with E-state index >= 15 is 0 Å². The lowest BCUT2D eigenvalue weighted by molar-refractivity contribution is 0.0443. The molecule has 1 unspecified atom stereocenters. The quantitative estimate of drug-likeness (QED) is 0.619. The van der Waals surface area contributed by atoms with E-state index in [0.29, 0.717) is 6.10 Å². The van der Waals surface area contributed by atoms with Crippen molar-refractivity contribution < 1.29 is 9.47 Å². The fourth-order valence-corrected chi connectivity index (χ4v) is 1.42. The molecule has 0 aromatic rings. The zero-order valence-corrected chi connectivity index (χ0v) is 11.6. The lowest BCUT2D eigenvalue weighted by Crippen LogP contribution is -2.36. The van der Waals surface area contributed by atoms with Crippen LogP contribution in [0.2, 0.25) is 0 Å². The summed E-state index contributed by atoms with van der Waals surface area (Å²) in [5.41, 5.74) is 0.225. The van der Waals surface area contributed by atoms with E-state index in [2.05, 4.69) is 33.0 Å². The highest BCUT2D eigenvalue weighted by Crippen LogP contribution is 2.04. The second-order valence-corrected chi connectivity index (χ2v) is 5.35. The van der Waals surface area contributed by atoms with Gasteiger partial charge in [0.05, 0.1) is 6.10 Å². The van der Waals surface area contributed by atoms with E-state index in [9.17, 15) is 0 Å². The second-order valence-electron chi connectivity index (χ2n) is 5.35. The van der Waals surface area contributed by atoms with Crippen LogP contribution in [0.25, 0.3) is 0 Å². The number of rotatable bonds is 9. The fraction of sp³-hybridized carbons (Fsp3) is 1.00. The summed E-state index contributed by atoms with van der Waals surface area (Å²) in [6, 6.07) is 0. The highest BCUT2D eigenvalue weighted by atomic mass is 16.5. The molecule has 0 amide bonds. The summed E-state index contributed by atoms with van der Waals surface area (Å²) in [6.07, 6.45) is 3.64. The smallest absolute Gasteiger partial charge is 0.0547 e. The van der Waals surface area contributed by atoms with Crippen molar-refractivity contribution in [1.82, 2.24) is 5.32 Å².